The molecule has 0 bridgehead atoms. The van der Waals surface area contributed by atoms with Crippen LogP contribution in [0.4, 0.5) is 0 Å². The standard InChI is InChI=1S/C7H14N2O2/c1-4-6(8-2)7(11)9(3)5-10/h5-6,8H,4H2,1-3H3. The van der Waals surface area contributed by atoms with Gasteiger partial charge >= 0.3 is 0 Å². The molecule has 0 saturated heterocycles. The summed E-state index contributed by atoms with van der Waals surface area (Å²) in [4.78, 5) is 22.4. The minimum absolute atomic E-state index is 0.190. The molecule has 4 heteroatoms. The lowest BCUT2D eigenvalue weighted by Crippen LogP contribution is -2.42. The molecule has 2 amide bonds. The van der Waals surface area contributed by atoms with Crippen molar-refractivity contribution >= 4 is 12.3 Å². The van der Waals surface area contributed by atoms with E-state index in [9.17, 15) is 9.59 Å². The number of hydrogen-bond donors (Lipinski definition) is 1. The van der Waals surface area contributed by atoms with Crippen LogP contribution in [0.2, 0.25) is 0 Å². The lowest BCUT2D eigenvalue weighted by molar-refractivity contribution is -0.138. The largest absolute Gasteiger partial charge is 0.309 e. The Morgan fingerprint density at radius 1 is 1.73 bits per heavy atom. The molecule has 0 aliphatic rings. The van der Waals surface area contributed by atoms with Gasteiger partial charge in [0.15, 0.2) is 0 Å². The minimum atomic E-state index is -0.245. The number of nitrogens with zero attached hydrogens (tertiary/aromatic N) is 1. The molecule has 1 atom stereocenters. The highest BCUT2D eigenvalue weighted by atomic mass is 16.2. The molecule has 0 aromatic rings. The van der Waals surface area contributed by atoms with Crippen LogP contribution in [0, 0.1) is 0 Å². The van der Waals surface area contributed by atoms with Gasteiger partial charge in [-0.3, -0.25) is 14.5 Å². The molecular formula is C7H14N2O2. The summed E-state index contributed by atoms with van der Waals surface area (Å²) in [7, 11) is 3.15. The highest BCUT2D eigenvalue weighted by molar-refractivity contribution is 5.89. The first-order valence-corrected chi connectivity index (χ1v) is 3.56. The van der Waals surface area contributed by atoms with Crippen LogP contribution in [-0.4, -0.2) is 37.4 Å². The van der Waals surface area contributed by atoms with Gasteiger partial charge in [-0.15, -0.1) is 0 Å². The van der Waals surface area contributed by atoms with Crippen molar-refractivity contribution in [3.05, 3.63) is 0 Å². The Balaban J connectivity index is 4.08. The lowest BCUT2D eigenvalue weighted by atomic mass is 10.2. The number of likely N-dealkylation sites (N-methyl/N-ethyl adjacent to an activating group) is 2. The number of hydrogen-bond acceptors (Lipinski definition) is 3. The zero-order chi connectivity index (χ0) is 8.85. The van der Waals surface area contributed by atoms with Gasteiger partial charge < -0.3 is 5.32 Å². The van der Waals surface area contributed by atoms with E-state index in [2.05, 4.69) is 5.32 Å². The summed E-state index contributed by atoms with van der Waals surface area (Å²) in [6.45, 7) is 1.89. The molecule has 1 N–H and O–H groups in total. The normalized spacial score (nSPS) is 12.3. The van der Waals surface area contributed by atoms with Gasteiger partial charge in [0.2, 0.25) is 12.3 Å². The van der Waals surface area contributed by atoms with Gasteiger partial charge in [-0.1, -0.05) is 6.92 Å². The Morgan fingerprint density at radius 2 is 2.27 bits per heavy atom. The van der Waals surface area contributed by atoms with E-state index in [0.29, 0.717) is 12.8 Å². The van der Waals surface area contributed by atoms with Crippen molar-refractivity contribution in [2.75, 3.05) is 14.1 Å². The number of nitrogens with one attached hydrogen (secondary N) is 1. The van der Waals surface area contributed by atoms with E-state index in [1.165, 1.54) is 7.05 Å². The molecule has 64 valence electrons. The maximum Gasteiger partial charge on any atom is 0.245 e. The first-order chi connectivity index (χ1) is 5.17. The predicted molar refractivity (Wildman–Crippen MR) is 42.0 cm³/mol. The second-order valence-electron chi connectivity index (χ2n) is 2.30. The van der Waals surface area contributed by atoms with Crippen molar-refractivity contribution in [3.8, 4) is 0 Å². The van der Waals surface area contributed by atoms with E-state index in [-0.39, 0.29) is 11.9 Å². The molecular weight excluding hydrogens is 144 g/mol. The molecule has 0 aromatic heterocycles. The van der Waals surface area contributed by atoms with Gasteiger partial charge in [0.25, 0.3) is 0 Å². The van der Waals surface area contributed by atoms with Crippen LogP contribution >= 0.6 is 0 Å². The predicted octanol–water partition coefficient (Wildman–Crippen LogP) is -0.401. The summed E-state index contributed by atoms with van der Waals surface area (Å²) < 4.78 is 0. The molecule has 0 fully saturated rings. The quantitative estimate of drug-likeness (QED) is 0.566. The van der Waals surface area contributed by atoms with Gasteiger partial charge in [0.1, 0.15) is 0 Å². The number of carbonyl (C=O) groups is 2. The van der Waals surface area contributed by atoms with Crippen molar-refractivity contribution in [2.45, 2.75) is 19.4 Å². The third-order valence-corrected chi connectivity index (χ3v) is 1.56. The Hall–Kier alpha value is -0.900. The molecule has 0 saturated carbocycles. The van der Waals surface area contributed by atoms with E-state index in [0.717, 1.165) is 4.90 Å². The average molecular weight is 158 g/mol. The Morgan fingerprint density at radius 3 is 2.55 bits per heavy atom. The van der Waals surface area contributed by atoms with Crippen molar-refractivity contribution in [2.24, 2.45) is 0 Å². The highest BCUT2D eigenvalue weighted by Crippen LogP contribution is 1.93. The van der Waals surface area contributed by atoms with E-state index in [1.807, 2.05) is 6.92 Å². The first-order valence-electron chi connectivity index (χ1n) is 3.56. The van der Waals surface area contributed by atoms with Gasteiger partial charge in [-0.25, -0.2) is 0 Å². The fourth-order valence-electron chi connectivity index (χ4n) is 0.800. The molecule has 0 aliphatic heterocycles. The van der Waals surface area contributed by atoms with E-state index in [1.54, 1.807) is 7.05 Å². The highest BCUT2D eigenvalue weighted by Gasteiger charge is 2.17. The summed E-state index contributed by atoms with van der Waals surface area (Å²) in [6, 6.07) is -0.245. The third-order valence-electron chi connectivity index (χ3n) is 1.56. The second-order valence-corrected chi connectivity index (χ2v) is 2.30. The van der Waals surface area contributed by atoms with E-state index in [4.69, 9.17) is 0 Å². The Bertz CT molecular complexity index is 143. The summed E-state index contributed by atoms with van der Waals surface area (Å²) in [5, 5.41) is 2.82. The van der Waals surface area contributed by atoms with Crippen LogP contribution in [0.3, 0.4) is 0 Å². The van der Waals surface area contributed by atoms with Crippen LogP contribution < -0.4 is 5.32 Å². The summed E-state index contributed by atoms with van der Waals surface area (Å²) in [6.07, 6.45) is 1.20. The van der Waals surface area contributed by atoms with Crippen molar-refractivity contribution in [1.29, 1.82) is 0 Å². The maximum atomic E-state index is 11.2. The Labute approximate surface area is 66.6 Å². The monoisotopic (exact) mass is 158 g/mol. The number of imide groups is 1. The Kier molecular flexibility index (Phi) is 4.45. The minimum Gasteiger partial charge on any atom is -0.309 e. The van der Waals surface area contributed by atoms with Gasteiger partial charge in [-0.2, -0.15) is 0 Å². The molecule has 0 rings (SSSR count). The molecule has 0 aromatic carbocycles. The summed E-state index contributed by atoms with van der Waals surface area (Å²) in [5.74, 6) is -0.190. The topological polar surface area (TPSA) is 49.4 Å². The van der Waals surface area contributed by atoms with Gasteiger partial charge in [0, 0.05) is 7.05 Å². The van der Waals surface area contributed by atoms with Crippen LogP contribution in [0.25, 0.3) is 0 Å². The SMILES string of the molecule is CCC(NC)C(=O)N(C)C=O. The molecule has 0 radical (unpaired) electrons. The second kappa shape index (κ2) is 4.85. The van der Waals surface area contributed by atoms with Crippen molar-refractivity contribution < 1.29 is 9.59 Å². The first kappa shape index (κ1) is 10.1. The molecule has 1 unspecified atom stereocenters. The molecule has 0 heterocycles. The third kappa shape index (κ3) is 2.67. The maximum absolute atomic E-state index is 11.2. The van der Waals surface area contributed by atoms with Gasteiger partial charge in [-0.05, 0) is 13.5 Å². The number of carbonyl (C=O) groups excluding carboxylic acids is 2. The number of amides is 2. The van der Waals surface area contributed by atoms with Crippen LogP contribution in [-0.2, 0) is 9.59 Å². The van der Waals surface area contributed by atoms with Crippen molar-refractivity contribution in [1.82, 2.24) is 10.2 Å². The smallest absolute Gasteiger partial charge is 0.245 e. The van der Waals surface area contributed by atoms with Crippen LogP contribution in [0.5, 0.6) is 0 Å². The molecule has 4 nitrogen and oxygen atoms in total. The average Bonchev–Trinajstić information content (AvgIpc) is 2.05. The zero-order valence-electron chi connectivity index (χ0n) is 7.13. The zero-order valence-corrected chi connectivity index (χ0v) is 7.13. The molecule has 0 aliphatic carbocycles. The van der Waals surface area contributed by atoms with Crippen LogP contribution in [0.1, 0.15) is 13.3 Å². The fourth-order valence-corrected chi connectivity index (χ4v) is 0.800. The molecule has 0 spiro atoms. The van der Waals surface area contributed by atoms with E-state index >= 15 is 0 Å². The van der Waals surface area contributed by atoms with E-state index < -0.39 is 0 Å². The summed E-state index contributed by atoms with van der Waals surface area (Å²) in [5.41, 5.74) is 0. The molecule has 11 heavy (non-hydrogen) atoms. The van der Waals surface area contributed by atoms with Crippen molar-refractivity contribution in [3.63, 3.8) is 0 Å². The number of rotatable bonds is 4. The fraction of sp³-hybridized carbons (Fsp3) is 0.714. The summed E-state index contributed by atoms with van der Waals surface area (Å²) >= 11 is 0. The van der Waals surface area contributed by atoms with Gasteiger partial charge in [0.05, 0.1) is 6.04 Å². The lowest BCUT2D eigenvalue weighted by Gasteiger charge is -2.16. The van der Waals surface area contributed by atoms with Crippen LogP contribution in [0.15, 0.2) is 0 Å².